The van der Waals surface area contributed by atoms with E-state index in [9.17, 15) is 4.79 Å². The van der Waals surface area contributed by atoms with Gasteiger partial charge in [-0.2, -0.15) is 0 Å². The maximum absolute atomic E-state index is 13.2. The number of anilines is 1. The second-order valence-corrected chi connectivity index (χ2v) is 9.27. The normalized spacial score (nSPS) is 15.6. The van der Waals surface area contributed by atoms with E-state index in [0.29, 0.717) is 0 Å². The van der Waals surface area contributed by atoms with Crippen molar-refractivity contribution >= 4 is 34.7 Å². The van der Waals surface area contributed by atoms with Crippen molar-refractivity contribution < 1.29 is 9.53 Å². The number of carbonyl (C=O) groups excluding carboxylic acids is 1. The number of thiophene rings is 1. The van der Waals surface area contributed by atoms with Crippen LogP contribution in [0.25, 0.3) is 10.4 Å². The summed E-state index contributed by atoms with van der Waals surface area (Å²) >= 11 is 3.50. The Hall–Kier alpha value is -2.44. The summed E-state index contributed by atoms with van der Waals surface area (Å²) in [6.45, 7) is 3.08. The molecule has 4 nitrogen and oxygen atoms in total. The minimum Gasteiger partial charge on any atom is -0.495 e. The Morgan fingerprint density at radius 2 is 1.76 bits per heavy atom. The molecule has 0 spiro atoms. The summed E-state index contributed by atoms with van der Waals surface area (Å²) in [6.07, 6.45) is 0. The van der Waals surface area contributed by atoms with Gasteiger partial charge in [-0.05, 0) is 29.8 Å². The summed E-state index contributed by atoms with van der Waals surface area (Å²) in [7, 11) is 1.70. The Bertz CT molecular complexity index is 1050. The number of hydrogen-bond donors (Lipinski definition) is 0. The maximum Gasteiger partial charge on any atom is 0.264 e. The van der Waals surface area contributed by atoms with Gasteiger partial charge < -0.3 is 14.5 Å². The van der Waals surface area contributed by atoms with Crippen LogP contribution in [0.3, 0.4) is 0 Å². The van der Waals surface area contributed by atoms with Gasteiger partial charge in [0, 0.05) is 47.3 Å². The standard InChI is InChI=1S/C23H22N2O2S2/c1-27-19-8-4-3-7-18(19)24-10-12-25(13-11-24)23(26)21-14-16-15-28-20-9-5-2-6-17(20)22(16)29-21/h2-9,14H,10-13,15H2,1H3. The average Bonchev–Trinajstić information content (AvgIpc) is 3.23. The number of piperazine rings is 1. The summed E-state index contributed by atoms with van der Waals surface area (Å²) in [4.78, 5) is 20.9. The van der Waals surface area contributed by atoms with Gasteiger partial charge in [-0.15, -0.1) is 23.1 Å². The van der Waals surface area contributed by atoms with Crippen LogP contribution in [0.2, 0.25) is 0 Å². The highest BCUT2D eigenvalue weighted by Gasteiger charge is 2.27. The lowest BCUT2D eigenvalue weighted by Crippen LogP contribution is -2.48. The van der Waals surface area contributed by atoms with Crippen molar-refractivity contribution in [3.63, 3.8) is 0 Å². The number of rotatable bonds is 3. The number of fused-ring (bicyclic) bond motifs is 3. The van der Waals surface area contributed by atoms with Crippen molar-refractivity contribution in [2.24, 2.45) is 0 Å². The van der Waals surface area contributed by atoms with E-state index in [0.717, 1.165) is 48.2 Å². The van der Waals surface area contributed by atoms with E-state index in [1.54, 1.807) is 18.4 Å². The zero-order valence-corrected chi connectivity index (χ0v) is 17.9. The first-order valence-electron chi connectivity index (χ1n) is 9.77. The van der Waals surface area contributed by atoms with Gasteiger partial charge in [0.2, 0.25) is 0 Å². The van der Waals surface area contributed by atoms with E-state index in [1.165, 1.54) is 20.9 Å². The second kappa shape index (κ2) is 7.76. The fourth-order valence-electron chi connectivity index (χ4n) is 4.00. The first kappa shape index (κ1) is 18.6. The zero-order chi connectivity index (χ0) is 19.8. The zero-order valence-electron chi connectivity index (χ0n) is 16.3. The molecule has 0 saturated carbocycles. The average molecular weight is 423 g/mol. The van der Waals surface area contributed by atoms with Crippen LogP contribution >= 0.6 is 23.1 Å². The predicted octanol–water partition coefficient (Wildman–Crippen LogP) is 4.99. The second-order valence-electron chi connectivity index (χ2n) is 7.20. The summed E-state index contributed by atoms with van der Waals surface area (Å²) in [5.74, 6) is 1.98. The SMILES string of the molecule is COc1ccccc1N1CCN(C(=O)c2cc3c(s2)-c2ccccc2SC3)CC1. The largest absolute Gasteiger partial charge is 0.495 e. The number of ether oxygens (including phenoxy) is 1. The molecule has 0 unspecified atom stereocenters. The van der Waals surface area contributed by atoms with Crippen LogP contribution < -0.4 is 9.64 Å². The number of amides is 1. The number of hydrogen-bond acceptors (Lipinski definition) is 5. The highest BCUT2D eigenvalue weighted by Crippen LogP contribution is 2.45. The smallest absolute Gasteiger partial charge is 0.264 e. The third-order valence-corrected chi connectivity index (χ3v) is 7.85. The molecule has 0 bridgehead atoms. The van der Waals surface area contributed by atoms with Gasteiger partial charge in [0.15, 0.2) is 0 Å². The Kier molecular flexibility index (Phi) is 4.97. The fraction of sp³-hybridized carbons (Fsp3) is 0.261. The van der Waals surface area contributed by atoms with Gasteiger partial charge in [0.25, 0.3) is 5.91 Å². The fourth-order valence-corrected chi connectivity index (χ4v) is 6.38. The molecule has 0 radical (unpaired) electrons. The van der Waals surface area contributed by atoms with Crippen molar-refractivity contribution in [3.05, 3.63) is 65.0 Å². The lowest BCUT2D eigenvalue weighted by Gasteiger charge is -2.36. The van der Waals surface area contributed by atoms with Crippen LogP contribution in [0, 0.1) is 0 Å². The van der Waals surface area contributed by atoms with Crippen LogP contribution in [0.15, 0.2) is 59.5 Å². The quantitative estimate of drug-likeness (QED) is 0.595. The number of benzene rings is 2. The topological polar surface area (TPSA) is 32.8 Å². The molecule has 6 heteroatoms. The van der Waals surface area contributed by atoms with Crippen LogP contribution in [0.4, 0.5) is 5.69 Å². The molecule has 148 valence electrons. The lowest BCUT2D eigenvalue weighted by atomic mass is 10.1. The molecular formula is C23H22N2O2S2. The summed E-state index contributed by atoms with van der Waals surface area (Å²) < 4.78 is 5.49. The van der Waals surface area contributed by atoms with Crippen LogP contribution in [0.1, 0.15) is 15.2 Å². The van der Waals surface area contributed by atoms with Gasteiger partial charge in [-0.3, -0.25) is 4.79 Å². The number of nitrogens with zero attached hydrogens (tertiary/aromatic N) is 2. The van der Waals surface area contributed by atoms with Gasteiger partial charge in [0.1, 0.15) is 5.75 Å². The summed E-state index contributed by atoms with van der Waals surface area (Å²) in [6, 6.07) is 18.7. The molecule has 29 heavy (non-hydrogen) atoms. The molecule has 3 aromatic rings. The Morgan fingerprint density at radius 1 is 1.00 bits per heavy atom. The van der Waals surface area contributed by atoms with E-state index in [4.69, 9.17) is 4.74 Å². The Balaban J connectivity index is 1.32. The lowest BCUT2D eigenvalue weighted by molar-refractivity contribution is 0.0751. The molecule has 0 N–H and O–H groups in total. The number of thioether (sulfide) groups is 1. The molecule has 3 heterocycles. The minimum absolute atomic E-state index is 0.159. The van der Waals surface area contributed by atoms with E-state index in [1.807, 2.05) is 34.9 Å². The molecule has 1 saturated heterocycles. The van der Waals surface area contributed by atoms with Crippen LogP contribution in [-0.2, 0) is 5.75 Å². The molecule has 1 fully saturated rings. The van der Waals surface area contributed by atoms with Crippen molar-refractivity contribution in [1.29, 1.82) is 0 Å². The third kappa shape index (κ3) is 3.40. The number of methoxy groups -OCH3 is 1. The molecule has 2 aliphatic heterocycles. The molecule has 2 aliphatic rings. The predicted molar refractivity (Wildman–Crippen MR) is 120 cm³/mol. The van der Waals surface area contributed by atoms with E-state index in [2.05, 4.69) is 41.3 Å². The van der Waals surface area contributed by atoms with E-state index in [-0.39, 0.29) is 5.91 Å². The molecule has 0 aliphatic carbocycles. The van der Waals surface area contributed by atoms with Gasteiger partial charge in [-0.1, -0.05) is 30.3 Å². The van der Waals surface area contributed by atoms with Gasteiger partial charge >= 0.3 is 0 Å². The summed E-state index contributed by atoms with van der Waals surface area (Å²) in [5, 5.41) is 0. The summed E-state index contributed by atoms with van der Waals surface area (Å²) in [5.41, 5.74) is 3.65. The van der Waals surface area contributed by atoms with Gasteiger partial charge in [0.05, 0.1) is 17.7 Å². The first-order valence-corrected chi connectivity index (χ1v) is 11.6. The van der Waals surface area contributed by atoms with Crippen molar-refractivity contribution in [2.45, 2.75) is 10.6 Å². The van der Waals surface area contributed by atoms with Crippen molar-refractivity contribution in [3.8, 4) is 16.2 Å². The third-order valence-electron chi connectivity index (χ3n) is 5.53. The molecule has 2 aromatic carbocycles. The van der Waals surface area contributed by atoms with Crippen molar-refractivity contribution in [1.82, 2.24) is 4.90 Å². The van der Waals surface area contributed by atoms with E-state index >= 15 is 0 Å². The number of para-hydroxylation sites is 2. The highest BCUT2D eigenvalue weighted by molar-refractivity contribution is 7.98. The van der Waals surface area contributed by atoms with E-state index < -0.39 is 0 Å². The molecule has 1 amide bonds. The molecular weight excluding hydrogens is 400 g/mol. The monoisotopic (exact) mass is 422 g/mol. The van der Waals surface area contributed by atoms with Crippen LogP contribution in [0.5, 0.6) is 5.75 Å². The minimum atomic E-state index is 0.159. The molecule has 0 atom stereocenters. The Labute approximate surface area is 179 Å². The maximum atomic E-state index is 13.2. The van der Waals surface area contributed by atoms with Gasteiger partial charge in [-0.25, -0.2) is 0 Å². The first-order chi connectivity index (χ1) is 14.2. The molecule has 5 rings (SSSR count). The number of carbonyl (C=O) groups is 1. The highest BCUT2D eigenvalue weighted by atomic mass is 32.2. The van der Waals surface area contributed by atoms with Crippen LogP contribution in [-0.4, -0.2) is 44.1 Å². The molecule has 1 aromatic heterocycles. The Morgan fingerprint density at radius 3 is 2.59 bits per heavy atom. The van der Waals surface area contributed by atoms with Crippen molar-refractivity contribution in [2.75, 3.05) is 38.2 Å².